The highest BCUT2D eigenvalue weighted by Crippen LogP contribution is 2.31. The first-order chi connectivity index (χ1) is 8.00. The standard InChI is InChI=1S/C13H15NO3/c1-7-8(2)14-10-4-5-11(15)9(13(7)10)3-6-12(16)17/h4-5,14-15H,3,6H2,1-2H3,(H,16,17). The van der Waals surface area contributed by atoms with E-state index < -0.39 is 5.97 Å². The summed E-state index contributed by atoms with van der Waals surface area (Å²) in [6, 6.07) is 3.42. The second kappa shape index (κ2) is 4.13. The van der Waals surface area contributed by atoms with Crippen LogP contribution in [0.3, 0.4) is 0 Å². The van der Waals surface area contributed by atoms with E-state index in [2.05, 4.69) is 4.98 Å². The molecule has 0 aliphatic heterocycles. The minimum atomic E-state index is -0.855. The van der Waals surface area contributed by atoms with Gasteiger partial charge in [-0.25, -0.2) is 0 Å². The maximum Gasteiger partial charge on any atom is 0.303 e. The van der Waals surface area contributed by atoms with Gasteiger partial charge in [-0.1, -0.05) is 0 Å². The fourth-order valence-electron chi connectivity index (χ4n) is 2.14. The van der Waals surface area contributed by atoms with Gasteiger partial charge in [0.15, 0.2) is 0 Å². The van der Waals surface area contributed by atoms with E-state index in [9.17, 15) is 9.90 Å². The second-order valence-corrected chi connectivity index (χ2v) is 4.25. The van der Waals surface area contributed by atoms with Gasteiger partial charge >= 0.3 is 5.97 Å². The van der Waals surface area contributed by atoms with Crippen LogP contribution >= 0.6 is 0 Å². The number of aromatic amines is 1. The number of aromatic hydroxyl groups is 1. The van der Waals surface area contributed by atoms with E-state index in [1.807, 2.05) is 19.9 Å². The average molecular weight is 233 g/mol. The molecule has 3 N–H and O–H groups in total. The van der Waals surface area contributed by atoms with Gasteiger partial charge < -0.3 is 15.2 Å². The van der Waals surface area contributed by atoms with Crippen LogP contribution in [0.25, 0.3) is 10.9 Å². The van der Waals surface area contributed by atoms with Crippen LogP contribution in [0.2, 0.25) is 0 Å². The number of aryl methyl sites for hydroxylation is 3. The van der Waals surface area contributed by atoms with Crippen molar-refractivity contribution in [3.05, 3.63) is 29.0 Å². The van der Waals surface area contributed by atoms with Crippen LogP contribution in [-0.4, -0.2) is 21.2 Å². The molecule has 90 valence electrons. The highest BCUT2D eigenvalue weighted by molar-refractivity contribution is 5.90. The third-order valence-corrected chi connectivity index (χ3v) is 3.14. The van der Waals surface area contributed by atoms with E-state index >= 15 is 0 Å². The number of phenols is 1. The van der Waals surface area contributed by atoms with Crippen LogP contribution < -0.4 is 0 Å². The van der Waals surface area contributed by atoms with Crippen LogP contribution in [0, 0.1) is 13.8 Å². The van der Waals surface area contributed by atoms with Crippen LogP contribution in [0.5, 0.6) is 5.75 Å². The van der Waals surface area contributed by atoms with Crippen molar-refractivity contribution < 1.29 is 15.0 Å². The molecule has 0 aliphatic rings. The number of aromatic nitrogens is 1. The summed E-state index contributed by atoms with van der Waals surface area (Å²) in [7, 11) is 0. The third kappa shape index (κ3) is 1.98. The SMILES string of the molecule is Cc1[nH]c2ccc(O)c(CCC(=O)O)c2c1C. The molecule has 0 saturated carbocycles. The molecule has 1 aromatic heterocycles. The van der Waals surface area contributed by atoms with Gasteiger partial charge in [-0.15, -0.1) is 0 Å². The predicted molar refractivity (Wildman–Crippen MR) is 65.4 cm³/mol. The highest BCUT2D eigenvalue weighted by atomic mass is 16.4. The van der Waals surface area contributed by atoms with Gasteiger partial charge in [-0.2, -0.15) is 0 Å². The van der Waals surface area contributed by atoms with Crippen molar-refractivity contribution in [2.75, 3.05) is 0 Å². The molecular formula is C13H15NO3. The van der Waals surface area contributed by atoms with E-state index in [0.29, 0.717) is 12.0 Å². The van der Waals surface area contributed by atoms with E-state index in [-0.39, 0.29) is 12.2 Å². The van der Waals surface area contributed by atoms with Crippen LogP contribution in [0.4, 0.5) is 0 Å². The molecule has 1 aromatic carbocycles. The predicted octanol–water partition coefficient (Wildman–Crippen LogP) is 2.51. The molecule has 0 unspecified atom stereocenters. The summed E-state index contributed by atoms with van der Waals surface area (Å²) in [4.78, 5) is 13.8. The monoisotopic (exact) mass is 233 g/mol. The number of carboxylic acid groups (broad SMARTS) is 1. The number of carboxylic acids is 1. The zero-order valence-corrected chi connectivity index (χ0v) is 9.87. The zero-order chi connectivity index (χ0) is 12.6. The molecule has 0 fully saturated rings. The molecule has 2 aromatic rings. The Morgan fingerprint density at radius 3 is 2.71 bits per heavy atom. The van der Waals surface area contributed by atoms with Crippen molar-refractivity contribution in [1.29, 1.82) is 0 Å². The Kier molecular flexibility index (Phi) is 2.79. The lowest BCUT2D eigenvalue weighted by molar-refractivity contribution is -0.136. The molecular weight excluding hydrogens is 218 g/mol. The number of H-pyrrole nitrogens is 1. The van der Waals surface area contributed by atoms with Gasteiger partial charge in [0.2, 0.25) is 0 Å². The maximum atomic E-state index is 10.6. The molecule has 17 heavy (non-hydrogen) atoms. The Morgan fingerprint density at radius 1 is 1.35 bits per heavy atom. The lowest BCUT2D eigenvalue weighted by atomic mass is 10.0. The smallest absolute Gasteiger partial charge is 0.303 e. The summed E-state index contributed by atoms with van der Waals surface area (Å²) < 4.78 is 0. The Morgan fingerprint density at radius 2 is 2.06 bits per heavy atom. The first-order valence-corrected chi connectivity index (χ1v) is 5.52. The topological polar surface area (TPSA) is 73.3 Å². The van der Waals surface area contributed by atoms with Gasteiger partial charge in [0.1, 0.15) is 5.75 Å². The molecule has 0 bridgehead atoms. The van der Waals surface area contributed by atoms with Gasteiger partial charge in [0, 0.05) is 28.6 Å². The maximum absolute atomic E-state index is 10.6. The molecule has 4 nitrogen and oxygen atoms in total. The van der Waals surface area contributed by atoms with Crippen molar-refractivity contribution in [2.45, 2.75) is 26.7 Å². The minimum Gasteiger partial charge on any atom is -0.508 e. The number of hydrogen-bond donors (Lipinski definition) is 3. The molecule has 0 radical (unpaired) electrons. The Bertz CT molecular complexity index is 584. The number of nitrogens with one attached hydrogen (secondary N) is 1. The van der Waals surface area contributed by atoms with Crippen molar-refractivity contribution in [3.63, 3.8) is 0 Å². The van der Waals surface area contributed by atoms with Crippen molar-refractivity contribution >= 4 is 16.9 Å². The minimum absolute atomic E-state index is 0.0241. The summed E-state index contributed by atoms with van der Waals surface area (Å²) in [5, 5.41) is 19.5. The first kappa shape index (κ1) is 11.5. The quantitative estimate of drug-likeness (QED) is 0.762. The van der Waals surface area contributed by atoms with Crippen LogP contribution in [0.15, 0.2) is 12.1 Å². The molecule has 0 amide bonds. The average Bonchev–Trinajstić information content (AvgIpc) is 2.54. The van der Waals surface area contributed by atoms with Crippen molar-refractivity contribution in [1.82, 2.24) is 4.98 Å². The number of rotatable bonds is 3. The van der Waals surface area contributed by atoms with Crippen molar-refractivity contribution in [3.8, 4) is 5.75 Å². The third-order valence-electron chi connectivity index (χ3n) is 3.14. The molecule has 1 heterocycles. The lowest BCUT2D eigenvalue weighted by Crippen LogP contribution is -1.98. The fraction of sp³-hybridized carbons (Fsp3) is 0.308. The Balaban J connectivity index is 2.58. The van der Waals surface area contributed by atoms with Crippen molar-refractivity contribution in [2.24, 2.45) is 0 Å². The number of carbonyl (C=O) groups is 1. The second-order valence-electron chi connectivity index (χ2n) is 4.25. The molecule has 0 aliphatic carbocycles. The lowest BCUT2D eigenvalue weighted by Gasteiger charge is -2.06. The molecule has 0 spiro atoms. The fourth-order valence-corrected chi connectivity index (χ4v) is 2.14. The largest absolute Gasteiger partial charge is 0.508 e. The van der Waals surface area contributed by atoms with Gasteiger partial charge in [-0.3, -0.25) is 4.79 Å². The van der Waals surface area contributed by atoms with Gasteiger partial charge in [0.05, 0.1) is 0 Å². The Labute approximate surface area is 98.9 Å². The normalized spacial score (nSPS) is 10.9. The van der Waals surface area contributed by atoms with E-state index in [1.54, 1.807) is 6.07 Å². The van der Waals surface area contributed by atoms with Crippen LogP contribution in [-0.2, 0) is 11.2 Å². The number of aliphatic carboxylic acids is 1. The Hall–Kier alpha value is -1.97. The number of hydrogen-bond acceptors (Lipinski definition) is 2. The summed E-state index contributed by atoms with van der Waals surface area (Å²) in [5.74, 6) is -0.688. The number of benzene rings is 1. The summed E-state index contributed by atoms with van der Waals surface area (Å²) in [6.07, 6.45) is 0.368. The highest BCUT2D eigenvalue weighted by Gasteiger charge is 2.13. The zero-order valence-electron chi connectivity index (χ0n) is 9.87. The summed E-state index contributed by atoms with van der Waals surface area (Å²) in [5.41, 5.74) is 3.77. The van der Waals surface area contributed by atoms with E-state index in [0.717, 1.165) is 22.2 Å². The summed E-state index contributed by atoms with van der Waals surface area (Å²) >= 11 is 0. The number of fused-ring (bicyclic) bond motifs is 1. The number of phenolic OH excluding ortho intramolecular Hbond substituents is 1. The molecule has 0 saturated heterocycles. The van der Waals surface area contributed by atoms with E-state index in [4.69, 9.17) is 5.11 Å². The van der Waals surface area contributed by atoms with Gasteiger partial charge in [-0.05, 0) is 38.0 Å². The molecule has 2 rings (SSSR count). The molecule has 0 atom stereocenters. The molecule has 4 heteroatoms. The van der Waals surface area contributed by atoms with E-state index in [1.165, 1.54) is 0 Å². The first-order valence-electron chi connectivity index (χ1n) is 5.52. The van der Waals surface area contributed by atoms with Gasteiger partial charge in [0.25, 0.3) is 0 Å². The summed E-state index contributed by atoms with van der Waals surface area (Å²) in [6.45, 7) is 3.94. The van der Waals surface area contributed by atoms with Crippen LogP contribution in [0.1, 0.15) is 23.2 Å².